The fraction of sp³-hybridized carbons (Fsp3) is 0.125. The highest BCUT2D eigenvalue weighted by Gasteiger charge is 2.18. The molecular weight excluding hydrogens is 396 g/mol. The van der Waals surface area contributed by atoms with Gasteiger partial charge >= 0.3 is 0 Å². The zero-order valence-electron chi connectivity index (χ0n) is 16.7. The number of carbonyl (C=O) groups excluding carboxylic acids is 1. The molecular formula is C24H21ClN4O. The fourth-order valence-corrected chi connectivity index (χ4v) is 3.55. The maximum Gasteiger partial charge on any atom is 0.254 e. The van der Waals surface area contributed by atoms with E-state index in [0.29, 0.717) is 10.6 Å². The molecule has 0 fully saturated rings. The molecule has 0 radical (unpaired) electrons. The standard InChI is InChI=1S/C24H21ClN4O/c1-15(16-5-8-19(25)9-6-16)29-23-20-12-17(18-4-3-11-27-13-18)7-10-22(20)28-14-21(23)24(30)26-2/h3-15H,1-2H3,(H,26,30)(H,28,29)/t15-/m1/s1. The predicted octanol–water partition coefficient (Wildman–Crippen LogP) is 5.48. The quantitative estimate of drug-likeness (QED) is 0.452. The van der Waals surface area contributed by atoms with E-state index in [0.717, 1.165) is 33.3 Å². The lowest BCUT2D eigenvalue weighted by Gasteiger charge is -2.20. The second-order valence-corrected chi connectivity index (χ2v) is 7.45. The summed E-state index contributed by atoms with van der Waals surface area (Å²) in [5.41, 5.74) is 5.12. The van der Waals surface area contributed by atoms with Crippen molar-refractivity contribution in [2.45, 2.75) is 13.0 Å². The van der Waals surface area contributed by atoms with Gasteiger partial charge in [-0.15, -0.1) is 0 Å². The van der Waals surface area contributed by atoms with Crippen LogP contribution in [0.25, 0.3) is 22.0 Å². The Morgan fingerprint density at radius 3 is 2.53 bits per heavy atom. The molecule has 0 aliphatic rings. The number of nitrogens with zero attached hydrogens (tertiary/aromatic N) is 2. The number of halogens is 1. The highest BCUT2D eigenvalue weighted by molar-refractivity contribution is 6.30. The average molecular weight is 417 g/mol. The van der Waals surface area contributed by atoms with Crippen LogP contribution in [-0.2, 0) is 0 Å². The molecule has 2 heterocycles. The normalized spacial score (nSPS) is 11.8. The predicted molar refractivity (Wildman–Crippen MR) is 122 cm³/mol. The molecule has 0 aliphatic heterocycles. The van der Waals surface area contributed by atoms with Gasteiger partial charge in [0.05, 0.1) is 16.8 Å². The second kappa shape index (κ2) is 8.51. The van der Waals surface area contributed by atoms with Gasteiger partial charge in [0.2, 0.25) is 0 Å². The van der Waals surface area contributed by atoms with Crippen LogP contribution in [-0.4, -0.2) is 22.9 Å². The first-order valence-corrected chi connectivity index (χ1v) is 10.0. The maximum atomic E-state index is 12.6. The summed E-state index contributed by atoms with van der Waals surface area (Å²) in [6.45, 7) is 2.05. The summed E-state index contributed by atoms with van der Waals surface area (Å²) in [6.07, 6.45) is 5.18. The number of nitrogens with one attached hydrogen (secondary N) is 2. The van der Waals surface area contributed by atoms with Crippen molar-refractivity contribution in [3.63, 3.8) is 0 Å². The van der Waals surface area contributed by atoms with E-state index in [1.54, 1.807) is 19.4 Å². The number of pyridine rings is 2. The zero-order valence-corrected chi connectivity index (χ0v) is 17.4. The van der Waals surface area contributed by atoms with Crippen LogP contribution in [0.3, 0.4) is 0 Å². The number of hydrogen-bond acceptors (Lipinski definition) is 4. The van der Waals surface area contributed by atoms with E-state index >= 15 is 0 Å². The van der Waals surface area contributed by atoms with Gasteiger partial charge in [0.15, 0.2) is 0 Å². The van der Waals surface area contributed by atoms with Gasteiger partial charge in [0.25, 0.3) is 5.91 Å². The van der Waals surface area contributed by atoms with E-state index in [4.69, 9.17) is 11.6 Å². The molecule has 0 aliphatic carbocycles. The van der Waals surface area contributed by atoms with E-state index in [2.05, 4.69) is 20.6 Å². The van der Waals surface area contributed by atoms with E-state index < -0.39 is 0 Å². The van der Waals surface area contributed by atoms with E-state index in [9.17, 15) is 4.79 Å². The monoisotopic (exact) mass is 416 g/mol. The summed E-state index contributed by atoms with van der Waals surface area (Å²) in [5, 5.41) is 7.79. The van der Waals surface area contributed by atoms with Gasteiger partial charge in [0.1, 0.15) is 0 Å². The third-order valence-electron chi connectivity index (χ3n) is 5.07. The summed E-state index contributed by atoms with van der Waals surface area (Å²) in [5.74, 6) is -0.193. The molecule has 150 valence electrons. The van der Waals surface area contributed by atoms with Crippen LogP contribution in [0.4, 0.5) is 5.69 Å². The summed E-state index contributed by atoms with van der Waals surface area (Å²) in [4.78, 5) is 21.3. The molecule has 4 aromatic rings. The van der Waals surface area contributed by atoms with Gasteiger partial charge < -0.3 is 10.6 Å². The number of fused-ring (bicyclic) bond motifs is 1. The van der Waals surface area contributed by atoms with Crippen molar-refractivity contribution >= 4 is 34.1 Å². The molecule has 1 atom stereocenters. The largest absolute Gasteiger partial charge is 0.377 e. The molecule has 6 heteroatoms. The van der Waals surface area contributed by atoms with Crippen LogP contribution in [0.5, 0.6) is 0 Å². The van der Waals surface area contributed by atoms with Gasteiger partial charge in [0, 0.05) is 47.7 Å². The molecule has 5 nitrogen and oxygen atoms in total. The molecule has 1 amide bonds. The van der Waals surface area contributed by atoms with Gasteiger partial charge in [-0.1, -0.05) is 35.9 Å². The molecule has 0 bridgehead atoms. The lowest BCUT2D eigenvalue weighted by atomic mass is 10.0. The maximum absolute atomic E-state index is 12.6. The number of anilines is 1. The topological polar surface area (TPSA) is 66.9 Å². The molecule has 2 N–H and O–H groups in total. The molecule has 0 unspecified atom stereocenters. The Labute approximate surface area is 180 Å². The smallest absolute Gasteiger partial charge is 0.254 e. The van der Waals surface area contributed by atoms with Gasteiger partial charge in [-0.05, 0) is 48.4 Å². The number of amides is 1. The van der Waals surface area contributed by atoms with Crippen molar-refractivity contribution in [3.8, 4) is 11.1 Å². The summed E-state index contributed by atoms with van der Waals surface area (Å²) in [7, 11) is 1.62. The molecule has 2 aromatic carbocycles. The lowest BCUT2D eigenvalue weighted by molar-refractivity contribution is 0.0963. The van der Waals surface area contributed by atoms with Crippen molar-refractivity contribution in [2.24, 2.45) is 0 Å². The SMILES string of the molecule is CNC(=O)c1cnc2ccc(-c3cccnc3)cc2c1N[C@H](C)c1ccc(Cl)cc1. The minimum absolute atomic E-state index is 0.0432. The molecule has 0 saturated carbocycles. The Morgan fingerprint density at radius 1 is 1.03 bits per heavy atom. The second-order valence-electron chi connectivity index (χ2n) is 7.02. The molecule has 4 rings (SSSR count). The number of rotatable bonds is 5. The van der Waals surface area contributed by atoms with E-state index in [1.807, 2.05) is 67.7 Å². The first-order chi connectivity index (χ1) is 14.6. The zero-order chi connectivity index (χ0) is 21.1. The minimum Gasteiger partial charge on any atom is -0.377 e. The van der Waals surface area contributed by atoms with Crippen molar-refractivity contribution in [3.05, 3.63) is 89.3 Å². The van der Waals surface area contributed by atoms with Crippen LogP contribution in [0, 0.1) is 0 Å². The van der Waals surface area contributed by atoms with E-state index in [-0.39, 0.29) is 11.9 Å². The van der Waals surface area contributed by atoms with Crippen molar-refractivity contribution in [1.29, 1.82) is 0 Å². The van der Waals surface area contributed by atoms with Gasteiger partial charge in [-0.25, -0.2) is 0 Å². The Bertz CT molecular complexity index is 1190. The number of benzene rings is 2. The third-order valence-corrected chi connectivity index (χ3v) is 5.32. The van der Waals surface area contributed by atoms with Gasteiger partial charge in [-0.2, -0.15) is 0 Å². The van der Waals surface area contributed by atoms with Crippen molar-refractivity contribution in [2.75, 3.05) is 12.4 Å². The van der Waals surface area contributed by atoms with Crippen LogP contribution in [0.2, 0.25) is 5.02 Å². The van der Waals surface area contributed by atoms with E-state index in [1.165, 1.54) is 0 Å². The Hall–Kier alpha value is -3.44. The van der Waals surface area contributed by atoms with Crippen LogP contribution in [0.1, 0.15) is 28.9 Å². The highest BCUT2D eigenvalue weighted by atomic mass is 35.5. The van der Waals surface area contributed by atoms with Crippen LogP contribution >= 0.6 is 11.6 Å². The third kappa shape index (κ3) is 3.98. The minimum atomic E-state index is -0.193. The van der Waals surface area contributed by atoms with Crippen LogP contribution in [0.15, 0.2) is 73.2 Å². The Balaban J connectivity index is 1.84. The first-order valence-electron chi connectivity index (χ1n) is 9.64. The summed E-state index contributed by atoms with van der Waals surface area (Å²) >= 11 is 6.03. The van der Waals surface area contributed by atoms with Gasteiger partial charge in [-0.3, -0.25) is 14.8 Å². The number of carbonyl (C=O) groups is 1. The van der Waals surface area contributed by atoms with Crippen molar-refractivity contribution in [1.82, 2.24) is 15.3 Å². The average Bonchev–Trinajstić information content (AvgIpc) is 2.79. The fourth-order valence-electron chi connectivity index (χ4n) is 3.42. The highest BCUT2D eigenvalue weighted by Crippen LogP contribution is 2.33. The van der Waals surface area contributed by atoms with Crippen LogP contribution < -0.4 is 10.6 Å². The Morgan fingerprint density at radius 2 is 1.83 bits per heavy atom. The number of aromatic nitrogens is 2. The lowest BCUT2D eigenvalue weighted by Crippen LogP contribution is -2.21. The summed E-state index contributed by atoms with van der Waals surface area (Å²) in [6, 6.07) is 17.6. The molecule has 2 aromatic heterocycles. The van der Waals surface area contributed by atoms with Crippen molar-refractivity contribution < 1.29 is 4.79 Å². The Kier molecular flexibility index (Phi) is 5.63. The molecule has 0 saturated heterocycles. The number of hydrogen-bond donors (Lipinski definition) is 2. The molecule has 30 heavy (non-hydrogen) atoms. The first kappa shape index (κ1) is 19.9. The summed E-state index contributed by atoms with van der Waals surface area (Å²) < 4.78 is 0. The molecule has 0 spiro atoms.